The predicted octanol–water partition coefficient (Wildman–Crippen LogP) is 4.02. The van der Waals surface area contributed by atoms with Gasteiger partial charge < -0.3 is 9.47 Å². The van der Waals surface area contributed by atoms with Crippen LogP contribution in [0.1, 0.15) is 23.2 Å². The smallest absolute Gasteiger partial charge is 0.279 e. The molecule has 2 aromatic carbocycles. The first-order valence-corrected chi connectivity index (χ1v) is 10.3. The summed E-state index contributed by atoms with van der Waals surface area (Å²) in [7, 11) is 1.63. The van der Waals surface area contributed by atoms with Crippen LogP contribution in [0.5, 0.6) is 0 Å². The number of carbonyl (C=O) groups excluding carboxylic acids is 1. The van der Waals surface area contributed by atoms with E-state index < -0.39 is 5.92 Å². The van der Waals surface area contributed by atoms with Crippen LogP contribution in [-0.2, 0) is 7.05 Å². The van der Waals surface area contributed by atoms with Crippen molar-refractivity contribution in [3.63, 3.8) is 0 Å². The lowest BCUT2D eigenvalue weighted by Gasteiger charge is -2.31. The van der Waals surface area contributed by atoms with Crippen LogP contribution in [0.2, 0.25) is 0 Å². The summed E-state index contributed by atoms with van der Waals surface area (Å²) < 4.78 is 28.2. The second kappa shape index (κ2) is 7.47. The summed E-state index contributed by atoms with van der Waals surface area (Å²) >= 11 is 0. The molecule has 0 bridgehead atoms. The fourth-order valence-electron chi connectivity index (χ4n) is 4.02. The molecule has 1 saturated heterocycles. The number of hydrogen-bond acceptors (Lipinski definition) is 4. The van der Waals surface area contributed by atoms with E-state index in [9.17, 15) is 18.4 Å². The van der Waals surface area contributed by atoms with Crippen LogP contribution >= 0.6 is 0 Å². The second-order valence-corrected chi connectivity index (χ2v) is 8.18. The highest BCUT2D eigenvalue weighted by Gasteiger charge is 2.35. The molecule has 0 aliphatic carbocycles. The molecule has 2 aromatic heterocycles. The molecule has 0 radical (unpaired) electrons. The molecule has 1 fully saturated rings. The molecule has 5 rings (SSSR count). The van der Waals surface area contributed by atoms with Gasteiger partial charge in [0.05, 0.1) is 11.8 Å². The maximum absolute atomic E-state index is 13.4. The number of alkyl halides is 2. The summed E-state index contributed by atoms with van der Waals surface area (Å²) in [5.41, 5.74) is 2.75. The highest BCUT2D eigenvalue weighted by molar-refractivity contribution is 5.99. The molecule has 0 atom stereocenters. The first-order chi connectivity index (χ1) is 15.3. The summed E-state index contributed by atoms with van der Waals surface area (Å²) in [5, 5.41) is 1.81. The van der Waals surface area contributed by atoms with Crippen LogP contribution < -0.4 is 5.56 Å². The van der Waals surface area contributed by atoms with Gasteiger partial charge in [0.2, 0.25) is 0 Å². The Morgan fingerprint density at radius 3 is 2.50 bits per heavy atom. The van der Waals surface area contributed by atoms with E-state index in [1.54, 1.807) is 25.4 Å². The quantitative estimate of drug-likeness (QED) is 0.478. The molecule has 0 unspecified atom stereocenters. The minimum Gasteiger partial charge on any atom is -0.338 e. The third-order valence-corrected chi connectivity index (χ3v) is 5.96. The zero-order valence-electron chi connectivity index (χ0n) is 17.4. The first-order valence-electron chi connectivity index (χ1n) is 10.3. The van der Waals surface area contributed by atoms with Crippen LogP contribution in [0.25, 0.3) is 32.9 Å². The van der Waals surface area contributed by atoms with Gasteiger partial charge in [-0.2, -0.15) is 0 Å². The number of aromatic nitrogens is 3. The Balaban J connectivity index is 1.48. The van der Waals surface area contributed by atoms with Crippen molar-refractivity contribution in [2.24, 2.45) is 7.05 Å². The Labute approximate surface area is 182 Å². The molecule has 4 aromatic rings. The van der Waals surface area contributed by atoms with Crippen LogP contribution in [0, 0.1) is 0 Å². The topological polar surface area (TPSA) is 68.1 Å². The maximum Gasteiger partial charge on any atom is 0.279 e. The monoisotopic (exact) mass is 434 g/mol. The average Bonchev–Trinajstić information content (AvgIpc) is 2.80. The molecule has 32 heavy (non-hydrogen) atoms. The van der Waals surface area contributed by atoms with Crippen molar-refractivity contribution in [3.05, 3.63) is 70.9 Å². The van der Waals surface area contributed by atoms with Gasteiger partial charge in [0, 0.05) is 50.3 Å². The predicted molar refractivity (Wildman–Crippen MR) is 118 cm³/mol. The number of piperidine rings is 1. The van der Waals surface area contributed by atoms with Crippen LogP contribution in [0.15, 0.2) is 59.8 Å². The van der Waals surface area contributed by atoms with Gasteiger partial charge in [-0.15, -0.1) is 0 Å². The number of amides is 1. The van der Waals surface area contributed by atoms with Crippen molar-refractivity contribution in [1.29, 1.82) is 0 Å². The fraction of sp³-hybridized carbons (Fsp3) is 0.250. The van der Waals surface area contributed by atoms with Gasteiger partial charge in [-0.05, 0) is 40.6 Å². The third kappa shape index (κ3) is 3.62. The number of pyridine rings is 1. The van der Waals surface area contributed by atoms with Crippen LogP contribution in [0.3, 0.4) is 0 Å². The number of benzene rings is 2. The standard InChI is InChI=1S/C24H20F2N4O2/c1-29-14-28-20-12-19(13-27-21(20)23(29)32)16-4-2-15-3-5-17(11-18(15)10-16)22(31)30-8-6-24(25,26)7-9-30/h2-5,10-14H,6-9H2,1H3. The molecule has 0 saturated carbocycles. The normalized spacial score (nSPS) is 15.9. The number of likely N-dealkylation sites (tertiary alicyclic amines) is 1. The number of carbonyl (C=O) groups is 1. The summed E-state index contributed by atoms with van der Waals surface area (Å²) in [6.45, 7) is 0.109. The van der Waals surface area contributed by atoms with E-state index in [1.165, 1.54) is 15.8 Å². The summed E-state index contributed by atoms with van der Waals surface area (Å²) in [5.74, 6) is -2.93. The van der Waals surface area contributed by atoms with Gasteiger partial charge in [-0.25, -0.2) is 18.7 Å². The maximum atomic E-state index is 13.4. The summed E-state index contributed by atoms with van der Waals surface area (Å²) in [4.78, 5) is 35.1. The molecule has 0 spiro atoms. The van der Waals surface area contributed by atoms with Crippen molar-refractivity contribution in [1.82, 2.24) is 19.4 Å². The van der Waals surface area contributed by atoms with E-state index >= 15 is 0 Å². The largest absolute Gasteiger partial charge is 0.338 e. The average molecular weight is 434 g/mol. The zero-order chi connectivity index (χ0) is 22.5. The third-order valence-electron chi connectivity index (χ3n) is 5.96. The fourth-order valence-corrected chi connectivity index (χ4v) is 4.02. The second-order valence-electron chi connectivity index (χ2n) is 8.18. The number of hydrogen-bond donors (Lipinski definition) is 0. The molecule has 162 valence electrons. The highest BCUT2D eigenvalue weighted by Crippen LogP contribution is 2.30. The van der Waals surface area contributed by atoms with Crippen LogP contribution in [-0.4, -0.2) is 44.4 Å². The molecule has 1 aliphatic heterocycles. The van der Waals surface area contributed by atoms with Crippen molar-refractivity contribution in [2.45, 2.75) is 18.8 Å². The number of nitrogens with zero attached hydrogens (tertiary/aromatic N) is 4. The van der Waals surface area contributed by atoms with E-state index in [0.29, 0.717) is 16.6 Å². The van der Waals surface area contributed by atoms with Crippen molar-refractivity contribution < 1.29 is 13.6 Å². The van der Waals surface area contributed by atoms with E-state index in [4.69, 9.17) is 0 Å². The highest BCUT2D eigenvalue weighted by atomic mass is 19.3. The Morgan fingerprint density at radius 2 is 1.72 bits per heavy atom. The molecular weight excluding hydrogens is 414 g/mol. The zero-order valence-corrected chi connectivity index (χ0v) is 17.4. The minimum absolute atomic E-state index is 0.0547. The van der Waals surface area contributed by atoms with E-state index in [0.717, 1.165) is 21.9 Å². The molecule has 6 nitrogen and oxygen atoms in total. The van der Waals surface area contributed by atoms with Crippen molar-refractivity contribution in [3.8, 4) is 11.1 Å². The summed E-state index contributed by atoms with van der Waals surface area (Å²) in [6.07, 6.45) is 2.49. The van der Waals surface area contributed by atoms with Gasteiger partial charge >= 0.3 is 0 Å². The molecular formula is C24H20F2N4O2. The Morgan fingerprint density at radius 1 is 0.969 bits per heavy atom. The molecule has 1 amide bonds. The minimum atomic E-state index is -2.69. The Bertz CT molecular complexity index is 1420. The number of rotatable bonds is 2. The number of fused-ring (bicyclic) bond motifs is 2. The van der Waals surface area contributed by atoms with Gasteiger partial charge in [-0.1, -0.05) is 18.2 Å². The van der Waals surface area contributed by atoms with Gasteiger partial charge in [0.25, 0.3) is 17.4 Å². The van der Waals surface area contributed by atoms with Crippen molar-refractivity contribution >= 4 is 27.7 Å². The first kappa shape index (κ1) is 20.2. The number of halogens is 2. The SMILES string of the molecule is Cn1cnc2cc(-c3ccc4ccc(C(=O)N5CCC(F)(F)CC5)cc4c3)cnc2c1=O. The van der Waals surface area contributed by atoms with Crippen LogP contribution in [0.4, 0.5) is 8.78 Å². The van der Waals surface area contributed by atoms with Crippen molar-refractivity contribution in [2.75, 3.05) is 13.1 Å². The van der Waals surface area contributed by atoms with Gasteiger partial charge in [0.1, 0.15) is 0 Å². The van der Waals surface area contributed by atoms with Gasteiger partial charge in [0.15, 0.2) is 5.52 Å². The van der Waals surface area contributed by atoms with E-state index in [2.05, 4.69) is 9.97 Å². The Kier molecular flexibility index (Phi) is 4.73. The van der Waals surface area contributed by atoms with E-state index in [1.807, 2.05) is 30.3 Å². The molecule has 0 N–H and O–H groups in total. The Hall–Kier alpha value is -3.68. The lowest BCUT2D eigenvalue weighted by atomic mass is 9.99. The molecule has 8 heteroatoms. The molecule has 1 aliphatic rings. The lowest BCUT2D eigenvalue weighted by Crippen LogP contribution is -2.42. The molecule has 3 heterocycles. The van der Waals surface area contributed by atoms with Gasteiger partial charge in [-0.3, -0.25) is 9.59 Å². The lowest BCUT2D eigenvalue weighted by molar-refractivity contribution is -0.0494. The van der Waals surface area contributed by atoms with E-state index in [-0.39, 0.29) is 37.4 Å². The number of aryl methyl sites for hydroxylation is 1. The summed E-state index contributed by atoms with van der Waals surface area (Å²) in [6, 6.07) is 13.0.